The number of methoxy groups -OCH3 is 1. The first-order valence-corrected chi connectivity index (χ1v) is 7.36. The van der Waals surface area contributed by atoms with Crippen LogP contribution in [0.4, 0.5) is 5.69 Å². The molecule has 5 nitrogen and oxygen atoms in total. The Labute approximate surface area is 124 Å². The molecule has 0 radical (unpaired) electrons. The molecule has 3 heterocycles. The number of rotatable bonds is 3. The lowest BCUT2D eigenvalue weighted by Gasteiger charge is -2.46. The summed E-state index contributed by atoms with van der Waals surface area (Å²) in [5.41, 5.74) is 1.02. The Morgan fingerprint density at radius 1 is 1.35 bits per heavy atom. The smallest absolute Gasteiger partial charge is 0.238 e. The van der Waals surface area contributed by atoms with Crippen LogP contribution in [0, 0.1) is 0 Å². The average molecular weight is 298 g/mol. The maximum atomic E-state index is 5.93. The molecule has 0 amide bonds. The van der Waals surface area contributed by atoms with E-state index < -0.39 is 0 Å². The number of nitrogens with zero attached hydrogens (tertiary/aromatic N) is 3. The van der Waals surface area contributed by atoms with Crippen LogP contribution in [0.1, 0.15) is 6.92 Å². The molecule has 3 rings (SSSR count). The minimum atomic E-state index is 0.418. The van der Waals surface area contributed by atoms with Crippen molar-refractivity contribution in [1.29, 1.82) is 0 Å². The van der Waals surface area contributed by atoms with E-state index in [0.717, 1.165) is 38.5 Å². The number of pyridine rings is 1. The highest BCUT2D eigenvalue weighted by atomic mass is 35.5. The van der Waals surface area contributed by atoms with E-state index in [-0.39, 0.29) is 0 Å². The number of anilines is 1. The lowest BCUT2D eigenvalue weighted by molar-refractivity contribution is -0.0691. The predicted molar refractivity (Wildman–Crippen MR) is 78.8 cm³/mol. The van der Waals surface area contributed by atoms with Gasteiger partial charge in [-0.2, -0.15) is 4.98 Å². The Hall–Kier alpha value is -1.04. The molecule has 6 heteroatoms. The molecule has 2 aliphatic heterocycles. The third kappa shape index (κ3) is 2.57. The van der Waals surface area contributed by atoms with Crippen molar-refractivity contribution in [2.24, 2.45) is 0 Å². The Kier molecular flexibility index (Phi) is 4.01. The van der Waals surface area contributed by atoms with Gasteiger partial charge in [0, 0.05) is 25.7 Å². The molecule has 2 saturated heterocycles. The zero-order valence-corrected chi connectivity index (χ0v) is 12.6. The second-order valence-electron chi connectivity index (χ2n) is 5.39. The van der Waals surface area contributed by atoms with Crippen LogP contribution >= 0.6 is 11.6 Å². The van der Waals surface area contributed by atoms with E-state index in [4.69, 9.17) is 21.1 Å². The summed E-state index contributed by atoms with van der Waals surface area (Å²) >= 11 is 5.93. The summed E-state index contributed by atoms with van der Waals surface area (Å²) in [4.78, 5) is 9.11. The van der Waals surface area contributed by atoms with Crippen LogP contribution in [0.15, 0.2) is 12.1 Å². The van der Waals surface area contributed by atoms with E-state index in [1.54, 1.807) is 7.11 Å². The summed E-state index contributed by atoms with van der Waals surface area (Å²) in [6.07, 6.45) is 0. The molecule has 110 valence electrons. The van der Waals surface area contributed by atoms with E-state index in [1.165, 1.54) is 0 Å². The molecule has 0 saturated carbocycles. The molecule has 0 aliphatic carbocycles. The van der Waals surface area contributed by atoms with Gasteiger partial charge in [-0.1, -0.05) is 11.6 Å². The number of ether oxygens (including phenoxy) is 2. The summed E-state index contributed by atoms with van der Waals surface area (Å²) in [6.45, 7) is 7.04. The highest BCUT2D eigenvalue weighted by Crippen LogP contribution is 2.31. The number of aromatic nitrogens is 1. The molecule has 1 aromatic rings. The van der Waals surface area contributed by atoms with Gasteiger partial charge < -0.3 is 14.4 Å². The molecular formula is C14H20ClN3O2. The van der Waals surface area contributed by atoms with Gasteiger partial charge in [0.2, 0.25) is 5.88 Å². The van der Waals surface area contributed by atoms with E-state index in [1.807, 2.05) is 12.1 Å². The molecule has 0 aromatic carbocycles. The Morgan fingerprint density at radius 3 is 2.75 bits per heavy atom. The summed E-state index contributed by atoms with van der Waals surface area (Å²) in [5, 5.41) is 0.462. The van der Waals surface area contributed by atoms with Crippen LogP contribution in [0.5, 0.6) is 5.88 Å². The number of halogens is 1. The van der Waals surface area contributed by atoms with Crippen LogP contribution in [0.2, 0.25) is 5.15 Å². The highest BCUT2D eigenvalue weighted by Gasteiger charge is 2.33. The quantitative estimate of drug-likeness (QED) is 0.793. The Morgan fingerprint density at radius 2 is 2.15 bits per heavy atom. The standard InChI is InChI=1S/C14H20ClN3O2/c1-10-7-17(11-8-20-9-11)5-6-18(10)12-3-4-13(15)16-14(12)19-2/h3-4,10-11H,5-9H2,1-2H3/t10-/m0/s1. The summed E-state index contributed by atoms with van der Waals surface area (Å²) in [6, 6.07) is 4.83. The molecule has 20 heavy (non-hydrogen) atoms. The number of piperazine rings is 1. The first-order chi connectivity index (χ1) is 9.69. The van der Waals surface area contributed by atoms with Gasteiger partial charge >= 0.3 is 0 Å². The molecular weight excluding hydrogens is 278 g/mol. The number of hydrogen-bond acceptors (Lipinski definition) is 5. The Bertz CT molecular complexity index is 481. The lowest BCUT2D eigenvalue weighted by Crippen LogP contribution is -2.59. The molecule has 1 atom stereocenters. The normalized spacial score (nSPS) is 24.6. The molecule has 0 N–H and O–H groups in total. The first kappa shape index (κ1) is 13.9. The van der Waals surface area contributed by atoms with E-state index in [2.05, 4.69) is 21.7 Å². The van der Waals surface area contributed by atoms with Crippen LogP contribution in [0.25, 0.3) is 0 Å². The Balaban J connectivity index is 1.74. The fourth-order valence-electron chi connectivity index (χ4n) is 2.89. The van der Waals surface area contributed by atoms with Gasteiger partial charge in [-0.15, -0.1) is 0 Å². The maximum Gasteiger partial charge on any atom is 0.238 e. The molecule has 1 aromatic heterocycles. The van der Waals surface area contributed by atoms with Crippen LogP contribution < -0.4 is 9.64 Å². The third-order valence-corrected chi connectivity index (χ3v) is 4.32. The molecule has 0 bridgehead atoms. The molecule has 2 aliphatic rings. The van der Waals surface area contributed by atoms with Crippen LogP contribution in [0.3, 0.4) is 0 Å². The van der Waals surface area contributed by atoms with Crippen molar-refractivity contribution >= 4 is 17.3 Å². The van der Waals surface area contributed by atoms with Crippen molar-refractivity contribution in [3.8, 4) is 5.88 Å². The van der Waals surface area contributed by atoms with Gasteiger partial charge in [-0.05, 0) is 19.1 Å². The van der Waals surface area contributed by atoms with Gasteiger partial charge in [0.15, 0.2) is 0 Å². The van der Waals surface area contributed by atoms with Crippen molar-refractivity contribution in [2.75, 3.05) is 44.9 Å². The van der Waals surface area contributed by atoms with Crippen molar-refractivity contribution in [3.05, 3.63) is 17.3 Å². The lowest BCUT2D eigenvalue weighted by atomic mass is 10.1. The van der Waals surface area contributed by atoms with Crippen LogP contribution in [-0.4, -0.2) is 61.9 Å². The minimum Gasteiger partial charge on any atom is -0.479 e. The maximum absolute atomic E-state index is 5.93. The molecule has 0 unspecified atom stereocenters. The average Bonchev–Trinajstić information content (AvgIpc) is 2.37. The zero-order valence-electron chi connectivity index (χ0n) is 11.9. The van der Waals surface area contributed by atoms with Gasteiger partial charge in [0.1, 0.15) is 10.8 Å². The summed E-state index contributed by atoms with van der Waals surface area (Å²) in [7, 11) is 1.63. The summed E-state index contributed by atoms with van der Waals surface area (Å²) < 4.78 is 10.6. The second kappa shape index (κ2) is 5.76. The van der Waals surface area contributed by atoms with E-state index in [0.29, 0.717) is 23.1 Å². The van der Waals surface area contributed by atoms with Gasteiger partial charge in [-0.3, -0.25) is 4.90 Å². The highest BCUT2D eigenvalue weighted by molar-refractivity contribution is 6.29. The first-order valence-electron chi connectivity index (χ1n) is 6.98. The van der Waals surface area contributed by atoms with E-state index >= 15 is 0 Å². The zero-order chi connectivity index (χ0) is 14.1. The van der Waals surface area contributed by atoms with Crippen molar-refractivity contribution < 1.29 is 9.47 Å². The summed E-state index contributed by atoms with van der Waals surface area (Å²) in [5.74, 6) is 0.602. The largest absolute Gasteiger partial charge is 0.479 e. The van der Waals surface area contributed by atoms with Crippen molar-refractivity contribution in [3.63, 3.8) is 0 Å². The second-order valence-corrected chi connectivity index (χ2v) is 5.78. The fraction of sp³-hybridized carbons (Fsp3) is 0.643. The predicted octanol–water partition coefficient (Wildman–Crippen LogP) is 1.65. The van der Waals surface area contributed by atoms with Gasteiger partial charge in [-0.25, -0.2) is 0 Å². The van der Waals surface area contributed by atoms with E-state index in [9.17, 15) is 0 Å². The molecule has 2 fully saturated rings. The minimum absolute atomic E-state index is 0.418. The van der Waals surface area contributed by atoms with Crippen molar-refractivity contribution in [1.82, 2.24) is 9.88 Å². The SMILES string of the molecule is COc1nc(Cl)ccc1N1CCN(C2COC2)C[C@@H]1C. The van der Waals surface area contributed by atoms with Gasteiger partial charge in [0.05, 0.1) is 26.4 Å². The van der Waals surface area contributed by atoms with Crippen molar-refractivity contribution in [2.45, 2.75) is 19.0 Å². The topological polar surface area (TPSA) is 37.8 Å². The molecule has 0 spiro atoms. The third-order valence-electron chi connectivity index (χ3n) is 4.10. The van der Waals surface area contributed by atoms with Gasteiger partial charge in [0.25, 0.3) is 0 Å². The fourth-order valence-corrected chi connectivity index (χ4v) is 3.03. The number of hydrogen-bond donors (Lipinski definition) is 0. The monoisotopic (exact) mass is 297 g/mol. The van der Waals surface area contributed by atoms with Crippen LogP contribution in [-0.2, 0) is 4.74 Å².